The first kappa shape index (κ1) is 22.4. The summed E-state index contributed by atoms with van der Waals surface area (Å²) >= 11 is 1.60. The third-order valence-corrected chi connectivity index (χ3v) is 3.95. The van der Waals surface area contributed by atoms with Gasteiger partial charge in [0.15, 0.2) is 0 Å². The van der Waals surface area contributed by atoms with Crippen LogP contribution >= 0.6 is 19.6 Å². The molecular weight excluding hydrogens is 347 g/mol. The molecule has 0 aliphatic rings. The first-order valence-electron chi connectivity index (χ1n) is 6.91. The summed E-state index contributed by atoms with van der Waals surface area (Å²) < 4.78 is 15.0. The Balaban J connectivity index is 4.18. The van der Waals surface area contributed by atoms with Crippen LogP contribution in [0.4, 0.5) is 0 Å². The maximum atomic E-state index is 11.8. The summed E-state index contributed by atoms with van der Waals surface area (Å²) in [5.74, 6) is -0.149. The Morgan fingerprint density at radius 1 is 1.26 bits per heavy atom. The van der Waals surface area contributed by atoms with Gasteiger partial charge in [0.05, 0.1) is 6.61 Å². The predicted molar refractivity (Wildman–Crippen MR) is 86.8 cm³/mol. The van der Waals surface area contributed by atoms with Gasteiger partial charge in [-0.05, 0) is 6.26 Å². The first-order valence-corrected chi connectivity index (χ1v) is 9.83. The quantitative estimate of drug-likeness (QED) is 0.240. The number of hydrogen-bond donors (Lipinski definition) is 5. The van der Waals surface area contributed by atoms with E-state index < -0.39 is 31.9 Å². The lowest BCUT2D eigenvalue weighted by Crippen LogP contribution is -2.46. The normalized spacial score (nSPS) is 13.5. The molecule has 0 aromatic rings. The zero-order valence-electron chi connectivity index (χ0n) is 13.4. The maximum Gasteiger partial charge on any atom is 0.469 e. The number of hydrogen-bond acceptors (Lipinski definition) is 6. The van der Waals surface area contributed by atoms with E-state index in [2.05, 4.69) is 15.2 Å². The number of amides is 2. The highest BCUT2D eigenvalue weighted by Gasteiger charge is 2.35. The largest absolute Gasteiger partial charge is 0.469 e. The summed E-state index contributed by atoms with van der Waals surface area (Å²) in [6.45, 7) is 2.96. The minimum atomic E-state index is -4.68. The molecule has 1 atom stereocenters. The highest BCUT2D eigenvalue weighted by Crippen LogP contribution is 2.38. The molecule has 0 aromatic carbocycles. The molecule has 5 N–H and O–H groups in total. The monoisotopic (exact) mass is 372 g/mol. The number of rotatable bonds is 11. The molecule has 0 radical (unpaired) electrons. The third-order valence-electron chi connectivity index (χ3n) is 2.87. The van der Waals surface area contributed by atoms with E-state index in [1.807, 2.05) is 6.26 Å². The fourth-order valence-electron chi connectivity index (χ4n) is 1.46. The molecule has 0 spiro atoms. The van der Waals surface area contributed by atoms with Crippen molar-refractivity contribution < 1.29 is 33.6 Å². The molecular formula is C12H25N2O7PS. The van der Waals surface area contributed by atoms with Gasteiger partial charge >= 0.3 is 7.82 Å². The molecule has 0 fully saturated rings. The molecule has 0 bridgehead atoms. The molecule has 136 valence electrons. The topological polar surface area (TPSA) is 145 Å². The zero-order chi connectivity index (χ0) is 18.1. The molecule has 0 aliphatic heterocycles. The average Bonchev–Trinajstić information content (AvgIpc) is 2.44. The van der Waals surface area contributed by atoms with Gasteiger partial charge in [-0.2, -0.15) is 11.8 Å². The van der Waals surface area contributed by atoms with Gasteiger partial charge in [-0.1, -0.05) is 13.8 Å². The van der Waals surface area contributed by atoms with E-state index >= 15 is 0 Å². The molecule has 0 aromatic heterocycles. The van der Waals surface area contributed by atoms with Crippen LogP contribution in [-0.4, -0.2) is 64.5 Å². The van der Waals surface area contributed by atoms with Crippen LogP contribution in [0.15, 0.2) is 0 Å². The van der Waals surface area contributed by atoms with Gasteiger partial charge in [-0.25, -0.2) is 4.57 Å². The maximum absolute atomic E-state index is 11.8. The summed E-state index contributed by atoms with van der Waals surface area (Å²) in [5, 5.41) is 15.0. The van der Waals surface area contributed by atoms with E-state index in [0.29, 0.717) is 6.54 Å². The second kappa shape index (κ2) is 10.3. The van der Waals surface area contributed by atoms with Crippen molar-refractivity contribution in [2.75, 3.05) is 31.7 Å². The van der Waals surface area contributed by atoms with Gasteiger partial charge in [0.25, 0.3) is 0 Å². The lowest BCUT2D eigenvalue weighted by Gasteiger charge is -2.29. The van der Waals surface area contributed by atoms with Crippen LogP contribution in [0.3, 0.4) is 0 Å². The molecule has 9 nitrogen and oxygen atoms in total. The fraction of sp³-hybridized carbons (Fsp3) is 0.833. The standard InChI is InChI=1S/C12H25N2O7PS/c1-12(2,8-21-22(18,19)20)10(16)11(17)14-5-4-9(15)13-6-7-23-3/h10,16H,4-8H2,1-3H3,(H,13,15)(H,14,17)(H2,18,19,20). The zero-order valence-corrected chi connectivity index (χ0v) is 15.2. The molecule has 0 saturated heterocycles. The van der Waals surface area contributed by atoms with Crippen molar-refractivity contribution in [1.82, 2.24) is 10.6 Å². The number of thioether (sulfide) groups is 1. The second-order valence-electron chi connectivity index (χ2n) is 5.54. The number of carbonyl (C=O) groups is 2. The number of carbonyl (C=O) groups excluding carboxylic acids is 2. The van der Waals surface area contributed by atoms with Crippen LogP contribution in [0.25, 0.3) is 0 Å². The summed E-state index contributed by atoms with van der Waals surface area (Å²) in [6.07, 6.45) is 0.464. The third kappa shape index (κ3) is 10.7. The van der Waals surface area contributed by atoms with E-state index in [1.54, 1.807) is 11.8 Å². The number of aliphatic hydroxyl groups is 1. The molecule has 23 heavy (non-hydrogen) atoms. The van der Waals surface area contributed by atoms with Crippen molar-refractivity contribution in [3.05, 3.63) is 0 Å². The highest BCUT2D eigenvalue weighted by molar-refractivity contribution is 7.98. The minimum Gasteiger partial charge on any atom is -0.383 e. The molecule has 11 heteroatoms. The molecule has 0 saturated carbocycles. The molecule has 2 amide bonds. The Hall–Kier alpha value is -0.640. The Kier molecular flexibility index (Phi) is 9.99. The van der Waals surface area contributed by atoms with E-state index in [9.17, 15) is 19.3 Å². The number of phosphoric ester groups is 1. The lowest BCUT2D eigenvalue weighted by molar-refractivity contribution is -0.137. The van der Waals surface area contributed by atoms with Crippen molar-refractivity contribution in [2.24, 2.45) is 5.41 Å². The number of nitrogens with one attached hydrogen (secondary N) is 2. The van der Waals surface area contributed by atoms with Gasteiger partial charge in [0.1, 0.15) is 6.10 Å². The van der Waals surface area contributed by atoms with Crippen molar-refractivity contribution in [1.29, 1.82) is 0 Å². The molecule has 0 aliphatic carbocycles. The van der Waals surface area contributed by atoms with Gasteiger partial charge in [-0.3, -0.25) is 14.1 Å². The van der Waals surface area contributed by atoms with Crippen LogP contribution in [0, 0.1) is 5.41 Å². The molecule has 0 rings (SSSR count). The van der Waals surface area contributed by atoms with E-state index in [4.69, 9.17) is 9.79 Å². The number of phosphoric acid groups is 1. The second-order valence-corrected chi connectivity index (χ2v) is 7.76. The number of aliphatic hydroxyl groups excluding tert-OH is 1. The molecule has 0 heterocycles. The first-order chi connectivity index (χ1) is 10.5. The highest BCUT2D eigenvalue weighted by atomic mass is 32.2. The van der Waals surface area contributed by atoms with Crippen molar-refractivity contribution in [2.45, 2.75) is 26.4 Å². The van der Waals surface area contributed by atoms with Gasteiger partial charge in [-0.15, -0.1) is 0 Å². The minimum absolute atomic E-state index is 0.0520. The summed E-state index contributed by atoms with van der Waals surface area (Å²) in [7, 11) is -4.68. The SMILES string of the molecule is CSCCNC(=O)CCNC(=O)C(O)C(C)(C)COP(=O)(O)O. The summed E-state index contributed by atoms with van der Waals surface area (Å²) in [5.41, 5.74) is -1.20. The van der Waals surface area contributed by atoms with Gasteiger partial charge in [0, 0.05) is 30.7 Å². The predicted octanol–water partition coefficient (Wildman–Crippen LogP) is -0.532. The lowest BCUT2D eigenvalue weighted by atomic mass is 9.87. The van der Waals surface area contributed by atoms with Crippen molar-refractivity contribution in [3.63, 3.8) is 0 Å². The Morgan fingerprint density at radius 3 is 2.39 bits per heavy atom. The average molecular weight is 372 g/mol. The smallest absolute Gasteiger partial charge is 0.383 e. The van der Waals surface area contributed by atoms with Crippen LogP contribution in [-0.2, 0) is 18.7 Å². The summed E-state index contributed by atoms with van der Waals surface area (Å²) in [6, 6.07) is 0. The Bertz CT molecular complexity index is 441. The van der Waals surface area contributed by atoms with Gasteiger partial charge in [0.2, 0.25) is 11.8 Å². The van der Waals surface area contributed by atoms with E-state index in [0.717, 1.165) is 5.75 Å². The van der Waals surface area contributed by atoms with Crippen molar-refractivity contribution in [3.8, 4) is 0 Å². The van der Waals surface area contributed by atoms with Crippen LogP contribution < -0.4 is 10.6 Å². The van der Waals surface area contributed by atoms with Crippen LogP contribution in [0.1, 0.15) is 20.3 Å². The van der Waals surface area contributed by atoms with Crippen LogP contribution in [0.5, 0.6) is 0 Å². The van der Waals surface area contributed by atoms with E-state index in [-0.39, 0.29) is 18.9 Å². The van der Waals surface area contributed by atoms with Crippen molar-refractivity contribution >= 4 is 31.4 Å². The van der Waals surface area contributed by atoms with E-state index in [1.165, 1.54) is 13.8 Å². The summed E-state index contributed by atoms with van der Waals surface area (Å²) in [4.78, 5) is 40.6. The van der Waals surface area contributed by atoms with Crippen LogP contribution in [0.2, 0.25) is 0 Å². The van der Waals surface area contributed by atoms with Gasteiger partial charge < -0.3 is 25.5 Å². The molecule has 1 unspecified atom stereocenters. The fourth-order valence-corrected chi connectivity index (χ4v) is 2.27. The Morgan fingerprint density at radius 2 is 1.87 bits per heavy atom. The Labute approximate surface area is 139 Å².